The summed E-state index contributed by atoms with van der Waals surface area (Å²) in [6.45, 7) is 0. The maximum absolute atomic E-state index is 2.50. The minimum atomic E-state index is 0.304. The van der Waals surface area contributed by atoms with Crippen LogP contribution in [0.4, 0.5) is 0 Å². The highest BCUT2D eigenvalue weighted by atomic mass is 15.0. The van der Waals surface area contributed by atoms with E-state index in [0.29, 0.717) is 5.92 Å². The van der Waals surface area contributed by atoms with E-state index in [2.05, 4.69) is 221 Å². The van der Waals surface area contributed by atoms with Gasteiger partial charge in [0.25, 0.3) is 0 Å². The van der Waals surface area contributed by atoms with E-state index < -0.39 is 0 Å². The first-order chi connectivity index (χ1) is 27.8. The van der Waals surface area contributed by atoms with Gasteiger partial charge in [0.1, 0.15) is 0 Å². The van der Waals surface area contributed by atoms with Crippen LogP contribution >= 0.6 is 0 Å². The molecular weight excluding hydrogens is 677 g/mol. The lowest BCUT2D eigenvalue weighted by atomic mass is 9.90. The van der Waals surface area contributed by atoms with Crippen LogP contribution in [-0.4, -0.2) is 9.13 Å². The van der Waals surface area contributed by atoms with Crippen LogP contribution in [0.2, 0.25) is 0 Å². The Balaban J connectivity index is 0.945. The molecule has 1 aliphatic carbocycles. The molecule has 0 spiro atoms. The summed E-state index contributed by atoms with van der Waals surface area (Å²) in [5, 5.41) is 6.43. The van der Waals surface area contributed by atoms with Crippen molar-refractivity contribution in [3.05, 3.63) is 216 Å². The van der Waals surface area contributed by atoms with Crippen molar-refractivity contribution >= 4 is 44.9 Å². The number of nitrogens with zero attached hydrogens (tertiary/aromatic N) is 2. The lowest BCUT2D eigenvalue weighted by Gasteiger charge is -2.16. The van der Waals surface area contributed by atoms with Crippen molar-refractivity contribution in [3.8, 4) is 44.8 Å². The van der Waals surface area contributed by atoms with Gasteiger partial charge in [-0.3, -0.25) is 0 Å². The van der Waals surface area contributed by atoms with Crippen molar-refractivity contribution < 1.29 is 0 Å². The number of hydrogen-bond donors (Lipinski definition) is 0. The molecule has 0 amide bonds. The summed E-state index contributed by atoms with van der Waals surface area (Å²) in [6.07, 6.45) is 5.90. The summed E-state index contributed by atoms with van der Waals surface area (Å²) in [5.74, 6) is 0.304. The normalized spacial score (nSPS) is 13.8. The fourth-order valence-corrected chi connectivity index (χ4v) is 8.94. The van der Waals surface area contributed by atoms with Crippen LogP contribution in [0.25, 0.3) is 89.6 Å². The Labute approximate surface area is 326 Å². The first kappa shape index (κ1) is 32.3. The summed E-state index contributed by atoms with van der Waals surface area (Å²) in [7, 11) is 0. The molecule has 8 aromatic carbocycles. The maximum Gasteiger partial charge on any atom is 0.0541 e. The Morgan fingerprint density at radius 2 is 0.857 bits per heavy atom. The van der Waals surface area contributed by atoms with Gasteiger partial charge in [-0.1, -0.05) is 164 Å². The molecule has 1 atom stereocenters. The molecule has 11 rings (SSSR count). The molecule has 0 bridgehead atoms. The molecule has 0 radical (unpaired) electrons. The molecule has 0 saturated carbocycles. The smallest absolute Gasteiger partial charge is 0.0541 e. The Hall–Kier alpha value is -7.16. The zero-order valence-corrected chi connectivity index (χ0v) is 30.9. The topological polar surface area (TPSA) is 9.86 Å². The molecule has 2 heterocycles. The van der Waals surface area contributed by atoms with Crippen molar-refractivity contribution in [2.75, 3.05) is 0 Å². The van der Waals surface area contributed by atoms with Gasteiger partial charge in [0, 0.05) is 44.0 Å². The number of aromatic nitrogens is 2. The lowest BCUT2D eigenvalue weighted by Crippen LogP contribution is -2.31. The quantitative estimate of drug-likeness (QED) is 0.162. The van der Waals surface area contributed by atoms with Crippen LogP contribution < -0.4 is 10.6 Å². The number of hydrogen-bond acceptors (Lipinski definition) is 0. The van der Waals surface area contributed by atoms with E-state index in [1.165, 1.54) is 93.6 Å². The van der Waals surface area contributed by atoms with Crippen molar-refractivity contribution in [3.63, 3.8) is 0 Å². The van der Waals surface area contributed by atoms with Gasteiger partial charge >= 0.3 is 0 Å². The maximum atomic E-state index is 2.50. The van der Waals surface area contributed by atoms with Gasteiger partial charge in [0.2, 0.25) is 0 Å². The molecule has 1 aliphatic rings. The van der Waals surface area contributed by atoms with E-state index >= 15 is 0 Å². The second-order valence-corrected chi connectivity index (χ2v) is 14.9. The predicted octanol–water partition coefficient (Wildman–Crippen LogP) is 12.5. The van der Waals surface area contributed by atoms with Crippen LogP contribution in [0.15, 0.2) is 200 Å². The molecular formula is C54H38N2. The lowest BCUT2D eigenvalue weighted by molar-refractivity contribution is 0.907. The molecule has 1 unspecified atom stereocenters. The zero-order valence-electron chi connectivity index (χ0n) is 30.9. The summed E-state index contributed by atoms with van der Waals surface area (Å²) < 4.78 is 4.85. The standard InChI is InChI=1S/C54H38N2/c1-3-13-37(14-4-1)41-17-11-19-45(33-41)55-51-23-9-7-21-47(51)49-35-43(29-31-53(49)55)39-25-27-40(28-26-39)44-30-32-54-50(36-44)48-22-8-10-24-52(48)56(54)46-20-12-18-42(34-46)38-15-5-2-6-16-38/h1-29,31-36,44H,30H2. The van der Waals surface area contributed by atoms with Gasteiger partial charge in [0.05, 0.1) is 16.6 Å². The molecule has 0 aliphatic heterocycles. The van der Waals surface area contributed by atoms with E-state index in [1.54, 1.807) is 0 Å². The zero-order chi connectivity index (χ0) is 37.0. The summed E-state index contributed by atoms with van der Waals surface area (Å²) in [6, 6.07) is 72.9. The average molecular weight is 715 g/mol. The summed E-state index contributed by atoms with van der Waals surface area (Å²) in [4.78, 5) is 0. The molecule has 2 aromatic heterocycles. The summed E-state index contributed by atoms with van der Waals surface area (Å²) in [5.41, 5.74) is 14.7. The van der Waals surface area contributed by atoms with Gasteiger partial charge in [-0.15, -0.1) is 0 Å². The third-order valence-corrected chi connectivity index (χ3v) is 11.7. The third-order valence-electron chi connectivity index (χ3n) is 11.7. The Morgan fingerprint density at radius 3 is 1.54 bits per heavy atom. The van der Waals surface area contributed by atoms with E-state index in [0.717, 1.165) is 6.42 Å². The second-order valence-electron chi connectivity index (χ2n) is 14.9. The highest BCUT2D eigenvalue weighted by molar-refractivity contribution is 6.10. The van der Waals surface area contributed by atoms with Crippen molar-refractivity contribution in [2.24, 2.45) is 0 Å². The van der Waals surface area contributed by atoms with Gasteiger partial charge in [-0.2, -0.15) is 0 Å². The van der Waals surface area contributed by atoms with Crippen LogP contribution in [0.5, 0.6) is 0 Å². The van der Waals surface area contributed by atoms with Crippen molar-refractivity contribution in [1.29, 1.82) is 0 Å². The monoisotopic (exact) mass is 714 g/mol. The first-order valence-electron chi connectivity index (χ1n) is 19.5. The van der Waals surface area contributed by atoms with Gasteiger partial charge in [-0.05, 0) is 93.9 Å². The molecule has 56 heavy (non-hydrogen) atoms. The van der Waals surface area contributed by atoms with Crippen LogP contribution in [0, 0.1) is 0 Å². The number of fused-ring (bicyclic) bond motifs is 6. The SMILES string of the molecule is C1=c2c(n(-c3cccc(-c4ccccc4)c3)c3ccccc23)=CCC1c1ccc(-c2ccc3c(c2)c2ccccc2n3-c2cccc(-c3ccccc3)c2)cc1. The van der Waals surface area contributed by atoms with E-state index in [-0.39, 0.29) is 0 Å². The highest BCUT2D eigenvalue weighted by Crippen LogP contribution is 2.36. The highest BCUT2D eigenvalue weighted by Gasteiger charge is 2.18. The number of rotatable bonds is 6. The van der Waals surface area contributed by atoms with Crippen LogP contribution in [0.3, 0.4) is 0 Å². The first-order valence-corrected chi connectivity index (χ1v) is 19.5. The average Bonchev–Trinajstić information content (AvgIpc) is 3.79. The molecule has 0 saturated heterocycles. The fourth-order valence-electron chi connectivity index (χ4n) is 8.94. The summed E-state index contributed by atoms with van der Waals surface area (Å²) >= 11 is 0. The van der Waals surface area contributed by atoms with Crippen LogP contribution in [0.1, 0.15) is 17.9 Å². The molecule has 2 heteroatoms. The Kier molecular flexibility index (Phi) is 7.67. The van der Waals surface area contributed by atoms with Crippen molar-refractivity contribution in [2.45, 2.75) is 12.3 Å². The second kappa shape index (κ2) is 13.3. The molecule has 10 aromatic rings. The van der Waals surface area contributed by atoms with E-state index in [1.807, 2.05) is 0 Å². The molecule has 2 nitrogen and oxygen atoms in total. The number of para-hydroxylation sites is 2. The van der Waals surface area contributed by atoms with Crippen LogP contribution in [-0.2, 0) is 0 Å². The van der Waals surface area contributed by atoms with Gasteiger partial charge in [0.15, 0.2) is 0 Å². The Morgan fingerprint density at radius 1 is 0.357 bits per heavy atom. The van der Waals surface area contributed by atoms with Gasteiger partial charge in [-0.25, -0.2) is 0 Å². The molecule has 264 valence electrons. The third kappa shape index (κ3) is 5.41. The van der Waals surface area contributed by atoms with Gasteiger partial charge < -0.3 is 9.13 Å². The minimum Gasteiger partial charge on any atom is -0.310 e. The van der Waals surface area contributed by atoms with E-state index in [4.69, 9.17) is 0 Å². The molecule has 0 N–H and O–H groups in total. The Bertz CT molecular complexity index is 3200. The largest absolute Gasteiger partial charge is 0.310 e. The van der Waals surface area contributed by atoms with Crippen molar-refractivity contribution in [1.82, 2.24) is 9.13 Å². The minimum absolute atomic E-state index is 0.304. The molecule has 0 fully saturated rings. The number of benzene rings is 8. The fraction of sp³-hybridized carbons (Fsp3) is 0.0370. The van der Waals surface area contributed by atoms with E-state index in [9.17, 15) is 0 Å². The predicted molar refractivity (Wildman–Crippen MR) is 236 cm³/mol.